The zero-order valence-corrected chi connectivity index (χ0v) is 17.4. The van der Waals surface area contributed by atoms with E-state index in [0.29, 0.717) is 22.2 Å². The van der Waals surface area contributed by atoms with E-state index in [0.717, 1.165) is 16.7 Å². The summed E-state index contributed by atoms with van der Waals surface area (Å²) in [5.41, 5.74) is 3.01. The Labute approximate surface area is 179 Å². The molecule has 0 radical (unpaired) electrons. The number of carbonyl (C=O) groups is 1. The Morgan fingerprint density at radius 1 is 1.14 bits per heavy atom. The molecule has 0 unspecified atom stereocenters. The summed E-state index contributed by atoms with van der Waals surface area (Å²) in [5.74, 6) is 0.865. The van der Waals surface area contributed by atoms with Crippen LogP contribution in [0.2, 0.25) is 5.02 Å². The average Bonchev–Trinajstić information content (AvgIpc) is 3.13. The highest BCUT2D eigenvalue weighted by Crippen LogP contribution is 2.28. The van der Waals surface area contributed by atoms with E-state index in [4.69, 9.17) is 28.2 Å². The molecule has 2 aromatic carbocycles. The van der Waals surface area contributed by atoms with E-state index in [9.17, 15) is 9.90 Å². The molecule has 3 N–H and O–H groups in total. The van der Waals surface area contributed by atoms with Crippen LogP contribution in [0.25, 0.3) is 17.4 Å². The van der Waals surface area contributed by atoms with Gasteiger partial charge in [0.25, 0.3) is 0 Å². The number of anilines is 1. The minimum absolute atomic E-state index is 0.0845. The molecule has 148 valence electrons. The molecule has 1 aromatic heterocycles. The van der Waals surface area contributed by atoms with Crippen molar-refractivity contribution in [3.8, 4) is 17.1 Å². The van der Waals surface area contributed by atoms with Gasteiger partial charge in [0.15, 0.2) is 5.11 Å². The number of hydrogen-bond donors (Lipinski definition) is 3. The molecular formula is C22H19ClN2O3S. The van der Waals surface area contributed by atoms with Crippen LogP contribution in [0.5, 0.6) is 5.75 Å². The lowest BCUT2D eigenvalue weighted by atomic mass is 10.1. The molecule has 0 aliphatic carbocycles. The summed E-state index contributed by atoms with van der Waals surface area (Å²) in [4.78, 5) is 12.1. The lowest BCUT2D eigenvalue weighted by Gasteiger charge is -2.12. The Kier molecular flexibility index (Phi) is 6.36. The molecule has 0 fully saturated rings. The van der Waals surface area contributed by atoms with Gasteiger partial charge in [0.05, 0.1) is 5.69 Å². The second-order valence-corrected chi connectivity index (χ2v) is 7.31. The van der Waals surface area contributed by atoms with Crippen molar-refractivity contribution in [3.63, 3.8) is 0 Å². The van der Waals surface area contributed by atoms with E-state index < -0.39 is 5.91 Å². The first-order chi connectivity index (χ1) is 13.8. The van der Waals surface area contributed by atoms with Crippen LogP contribution in [0.1, 0.15) is 16.9 Å². The van der Waals surface area contributed by atoms with Gasteiger partial charge >= 0.3 is 0 Å². The molecule has 1 heterocycles. The fourth-order valence-corrected chi connectivity index (χ4v) is 3.07. The van der Waals surface area contributed by atoms with Crippen molar-refractivity contribution in [3.05, 3.63) is 76.5 Å². The first-order valence-electron chi connectivity index (χ1n) is 8.78. The fourth-order valence-electron chi connectivity index (χ4n) is 2.73. The van der Waals surface area contributed by atoms with Gasteiger partial charge in [0.2, 0.25) is 5.91 Å². The third kappa shape index (κ3) is 5.47. The summed E-state index contributed by atoms with van der Waals surface area (Å²) < 4.78 is 5.71. The maximum Gasteiger partial charge on any atom is 0.250 e. The molecule has 0 aliphatic heterocycles. The van der Waals surface area contributed by atoms with Gasteiger partial charge in [0.1, 0.15) is 17.3 Å². The molecule has 3 aromatic rings. The summed E-state index contributed by atoms with van der Waals surface area (Å²) in [5, 5.41) is 16.2. The Bertz CT molecular complexity index is 1090. The lowest BCUT2D eigenvalue weighted by Crippen LogP contribution is -2.32. The van der Waals surface area contributed by atoms with Crippen LogP contribution in [0.3, 0.4) is 0 Å². The molecule has 3 rings (SSSR count). The van der Waals surface area contributed by atoms with Crippen LogP contribution in [0.15, 0.2) is 59.0 Å². The molecule has 7 heteroatoms. The van der Waals surface area contributed by atoms with Crippen molar-refractivity contribution >= 4 is 46.6 Å². The minimum atomic E-state index is -0.421. The first kappa shape index (κ1) is 20.6. The van der Waals surface area contributed by atoms with E-state index in [1.165, 1.54) is 6.08 Å². The van der Waals surface area contributed by atoms with Gasteiger partial charge in [-0.25, -0.2) is 0 Å². The molecular weight excluding hydrogens is 408 g/mol. The number of furan rings is 1. The number of phenols is 1. The zero-order chi connectivity index (χ0) is 21.0. The average molecular weight is 427 g/mol. The van der Waals surface area contributed by atoms with Crippen molar-refractivity contribution in [2.24, 2.45) is 0 Å². The summed E-state index contributed by atoms with van der Waals surface area (Å²) in [6.45, 7) is 3.70. The van der Waals surface area contributed by atoms with Crippen molar-refractivity contribution in [1.82, 2.24) is 5.32 Å². The normalized spacial score (nSPS) is 10.9. The van der Waals surface area contributed by atoms with Gasteiger partial charge in [-0.3, -0.25) is 10.1 Å². The predicted molar refractivity (Wildman–Crippen MR) is 120 cm³/mol. The second kappa shape index (κ2) is 8.94. The number of rotatable bonds is 4. The predicted octanol–water partition coefficient (Wildman–Crippen LogP) is 5.45. The van der Waals surface area contributed by atoms with Crippen LogP contribution in [-0.2, 0) is 4.79 Å². The maximum absolute atomic E-state index is 12.1. The number of hydrogen-bond acceptors (Lipinski definition) is 4. The molecule has 0 aliphatic rings. The minimum Gasteiger partial charge on any atom is -0.505 e. The summed E-state index contributed by atoms with van der Waals surface area (Å²) in [7, 11) is 0. The van der Waals surface area contributed by atoms with Crippen molar-refractivity contribution in [2.75, 3.05) is 5.32 Å². The fraction of sp³-hybridized carbons (Fsp3) is 0.0909. The third-order valence-corrected chi connectivity index (χ3v) is 4.54. The number of benzene rings is 2. The molecule has 5 nitrogen and oxygen atoms in total. The van der Waals surface area contributed by atoms with Crippen molar-refractivity contribution < 1.29 is 14.3 Å². The van der Waals surface area contributed by atoms with Crippen LogP contribution >= 0.6 is 23.8 Å². The Hall–Kier alpha value is -3.09. The van der Waals surface area contributed by atoms with E-state index in [2.05, 4.69) is 10.6 Å². The first-order valence-corrected chi connectivity index (χ1v) is 9.56. The molecule has 0 spiro atoms. The SMILES string of the molecule is Cc1cc(C)c(O)c(NC(=S)NC(=O)C=Cc2ccc(-c3ccc(Cl)cc3)o2)c1. The maximum atomic E-state index is 12.1. The standard InChI is InChI=1S/C22H19ClN2O3S/c1-13-11-14(2)21(27)18(12-13)24-22(29)25-20(26)10-8-17-7-9-19(28-17)15-3-5-16(23)6-4-15/h3-12,27H,1-2H3,(H2,24,25,26,29). The van der Waals surface area contributed by atoms with E-state index in [-0.39, 0.29) is 10.9 Å². The monoisotopic (exact) mass is 426 g/mol. The van der Waals surface area contributed by atoms with Gasteiger partial charge < -0.3 is 14.8 Å². The molecule has 0 bridgehead atoms. The Morgan fingerprint density at radius 2 is 1.86 bits per heavy atom. The highest BCUT2D eigenvalue weighted by atomic mass is 35.5. The number of phenolic OH excluding ortho intramolecular Hbond substituents is 1. The van der Waals surface area contributed by atoms with Crippen LogP contribution in [0.4, 0.5) is 5.69 Å². The number of amides is 1. The number of aromatic hydroxyl groups is 1. The zero-order valence-electron chi connectivity index (χ0n) is 15.8. The summed E-state index contributed by atoms with van der Waals surface area (Å²) in [6, 6.07) is 14.5. The van der Waals surface area contributed by atoms with Crippen molar-refractivity contribution in [2.45, 2.75) is 13.8 Å². The topological polar surface area (TPSA) is 74.5 Å². The van der Waals surface area contributed by atoms with Gasteiger partial charge in [0, 0.05) is 16.7 Å². The van der Waals surface area contributed by atoms with Crippen LogP contribution < -0.4 is 10.6 Å². The van der Waals surface area contributed by atoms with Crippen molar-refractivity contribution in [1.29, 1.82) is 0 Å². The second-order valence-electron chi connectivity index (χ2n) is 6.46. The smallest absolute Gasteiger partial charge is 0.250 e. The van der Waals surface area contributed by atoms with E-state index in [1.54, 1.807) is 37.3 Å². The highest BCUT2D eigenvalue weighted by Gasteiger charge is 2.09. The quantitative estimate of drug-likeness (QED) is 0.294. The number of nitrogens with one attached hydrogen (secondary N) is 2. The number of thiocarbonyl (C=S) groups is 1. The molecule has 0 saturated carbocycles. The Morgan fingerprint density at radius 3 is 2.59 bits per heavy atom. The van der Waals surface area contributed by atoms with Gasteiger partial charge in [-0.15, -0.1) is 0 Å². The molecule has 0 atom stereocenters. The van der Waals surface area contributed by atoms with Crippen LogP contribution in [0, 0.1) is 13.8 Å². The molecule has 29 heavy (non-hydrogen) atoms. The van der Waals surface area contributed by atoms with E-state index >= 15 is 0 Å². The molecule has 0 saturated heterocycles. The van der Waals surface area contributed by atoms with Gasteiger partial charge in [-0.2, -0.15) is 0 Å². The third-order valence-electron chi connectivity index (χ3n) is 4.08. The van der Waals surface area contributed by atoms with Crippen LogP contribution in [-0.4, -0.2) is 16.1 Å². The summed E-state index contributed by atoms with van der Waals surface area (Å²) in [6.07, 6.45) is 2.87. The molecule has 1 amide bonds. The van der Waals surface area contributed by atoms with Gasteiger partial charge in [-0.1, -0.05) is 17.7 Å². The van der Waals surface area contributed by atoms with E-state index in [1.807, 2.05) is 31.2 Å². The summed E-state index contributed by atoms with van der Waals surface area (Å²) >= 11 is 11.0. The number of carbonyl (C=O) groups excluding carboxylic acids is 1. The number of aryl methyl sites for hydroxylation is 2. The lowest BCUT2D eigenvalue weighted by molar-refractivity contribution is -0.115. The highest BCUT2D eigenvalue weighted by molar-refractivity contribution is 7.80. The largest absolute Gasteiger partial charge is 0.505 e. The Balaban J connectivity index is 1.60. The number of halogens is 1. The van der Waals surface area contributed by atoms with Gasteiger partial charge in [-0.05, 0) is 85.7 Å².